The molecule has 10 nitrogen and oxygen atoms in total. The second-order valence-corrected chi connectivity index (χ2v) is 11.8. The summed E-state index contributed by atoms with van der Waals surface area (Å²) in [5.74, 6) is -3.88. The zero-order valence-electron chi connectivity index (χ0n) is 26.8. The van der Waals surface area contributed by atoms with E-state index >= 15 is 0 Å². The van der Waals surface area contributed by atoms with E-state index in [1.54, 1.807) is 7.05 Å². The van der Waals surface area contributed by atoms with Crippen LogP contribution in [-0.2, 0) is 36.8 Å². The number of nitrogens with one attached hydrogen (secondary N) is 2. The number of amides is 4. The van der Waals surface area contributed by atoms with Gasteiger partial charge in [0.2, 0.25) is 23.6 Å². The van der Waals surface area contributed by atoms with Gasteiger partial charge in [0.15, 0.2) is 0 Å². The van der Waals surface area contributed by atoms with Gasteiger partial charge in [-0.1, -0.05) is 105 Å². The van der Waals surface area contributed by atoms with Crippen molar-refractivity contribution in [2.24, 2.45) is 5.73 Å². The Morgan fingerprint density at radius 1 is 0.766 bits per heavy atom. The fourth-order valence-corrected chi connectivity index (χ4v) is 5.84. The maximum Gasteiger partial charge on any atom is 0.305 e. The van der Waals surface area contributed by atoms with E-state index in [1.807, 2.05) is 91.9 Å². The van der Waals surface area contributed by atoms with Gasteiger partial charge in [-0.25, -0.2) is 0 Å². The van der Waals surface area contributed by atoms with Gasteiger partial charge in [0.05, 0.1) is 6.42 Å². The molecule has 0 aliphatic rings. The van der Waals surface area contributed by atoms with E-state index in [4.69, 9.17) is 5.73 Å². The van der Waals surface area contributed by atoms with Gasteiger partial charge in [0, 0.05) is 19.9 Å². The molecule has 0 radical (unpaired) electrons. The number of primary amides is 1. The lowest BCUT2D eigenvalue weighted by molar-refractivity contribution is -0.143. The maximum absolute atomic E-state index is 13.6. The van der Waals surface area contributed by atoms with Gasteiger partial charge in [-0.3, -0.25) is 24.0 Å². The number of nitrogens with zero attached hydrogens (tertiary/aromatic N) is 1. The number of benzene rings is 4. The second-order valence-electron chi connectivity index (χ2n) is 11.8. The molecule has 5 N–H and O–H groups in total. The molecule has 0 unspecified atom stereocenters. The Morgan fingerprint density at radius 3 is 1.91 bits per heavy atom. The fourth-order valence-electron chi connectivity index (χ4n) is 5.84. The molecule has 3 atom stereocenters. The number of hydrogen-bond donors (Lipinski definition) is 4. The van der Waals surface area contributed by atoms with Gasteiger partial charge in [0.1, 0.15) is 18.1 Å². The van der Waals surface area contributed by atoms with E-state index in [0.29, 0.717) is 19.3 Å². The molecule has 0 bridgehead atoms. The predicted octanol–water partition coefficient (Wildman–Crippen LogP) is 4.12. The minimum absolute atomic E-state index is 0.0726. The molecule has 0 saturated heterocycles. The van der Waals surface area contributed by atoms with Crippen molar-refractivity contribution in [3.63, 3.8) is 0 Å². The summed E-state index contributed by atoms with van der Waals surface area (Å²) in [6.07, 6.45) is 1.69. The summed E-state index contributed by atoms with van der Waals surface area (Å²) in [4.78, 5) is 66.0. The Kier molecular flexibility index (Phi) is 12.0. The highest BCUT2D eigenvalue weighted by Gasteiger charge is 2.32. The normalized spacial score (nSPS) is 13.0. The molecule has 4 aromatic carbocycles. The molecule has 0 heterocycles. The summed E-state index contributed by atoms with van der Waals surface area (Å²) in [6.45, 7) is 1.96. The SMILES string of the molecule is CCCC[C@@H](C(=O)N[C@@H](CC(=O)O)C(=O)N[C@@H](Cc1cccc2ccccc12)C(N)=O)N(C)C(=O)CCc1cccc2ccccc12. The summed E-state index contributed by atoms with van der Waals surface area (Å²) in [6, 6.07) is 23.4. The number of carbonyl (C=O) groups is 5. The summed E-state index contributed by atoms with van der Waals surface area (Å²) in [5, 5.41) is 18.7. The van der Waals surface area contributed by atoms with Gasteiger partial charge in [-0.05, 0) is 45.5 Å². The van der Waals surface area contributed by atoms with Crippen molar-refractivity contribution in [2.45, 2.75) is 70.0 Å². The molecule has 0 aliphatic carbocycles. The number of carboxylic acids is 1. The molecule has 0 fully saturated rings. The molecular weight excluding hydrogens is 596 g/mol. The third kappa shape index (κ3) is 9.16. The van der Waals surface area contributed by atoms with Crippen molar-refractivity contribution >= 4 is 51.1 Å². The maximum atomic E-state index is 13.6. The van der Waals surface area contributed by atoms with Crippen molar-refractivity contribution in [3.8, 4) is 0 Å². The summed E-state index contributed by atoms with van der Waals surface area (Å²) >= 11 is 0. The van der Waals surface area contributed by atoms with Crippen LogP contribution in [0.25, 0.3) is 21.5 Å². The van der Waals surface area contributed by atoms with Crippen molar-refractivity contribution in [1.82, 2.24) is 15.5 Å². The van der Waals surface area contributed by atoms with Gasteiger partial charge in [-0.15, -0.1) is 0 Å². The monoisotopic (exact) mass is 638 g/mol. The number of aryl methyl sites for hydroxylation is 1. The molecule has 4 rings (SSSR count). The largest absolute Gasteiger partial charge is 0.481 e. The lowest BCUT2D eigenvalue weighted by Gasteiger charge is -2.29. The molecule has 0 spiro atoms. The van der Waals surface area contributed by atoms with E-state index in [1.165, 1.54) is 4.90 Å². The lowest BCUT2D eigenvalue weighted by atomic mass is 9.98. The number of rotatable bonds is 16. The zero-order valence-corrected chi connectivity index (χ0v) is 26.8. The summed E-state index contributed by atoms with van der Waals surface area (Å²) in [7, 11) is 1.55. The standard InChI is InChI=1S/C37H42N4O6/c1-3-4-19-32(41(2)33(42)21-20-26-15-9-13-24-11-5-7-17-28(24)26)37(47)40-31(23-34(43)44)36(46)39-30(35(38)45)22-27-16-10-14-25-12-6-8-18-29(25)27/h5-18,30-32H,3-4,19-23H2,1-2H3,(H2,38,45)(H,39,46)(H,40,47)(H,43,44)/t30-,31-,32-/m0/s1. The van der Waals surface area contributed by atoms with Crippen LogP contribution in [0.1, 0.15) is 50.2 Å². The van der Waals surface area contributed by atoms with Gasteiger partial charge in [0.25, 0.3) is 0 Å². The Bertz CT molecular complexity index is 1740. The smallest absolute Gasteiger partial charge is 0.305 e. The van der Waals surface area contributed by atoms with E-state index in [0.717, 1.165) is 39.1 Å². The molecule has 0 aromatic heterocycles. The van der Waals surface area contributed by atoms with Crippen LogP contribution in [0.15, 0.2) is 84.9 Å². The molecule has 4 aromatic rings. The van der Waals surface area contributed by atoms with Crippen LogP contribution in [0.3, 0.4) is 0 Å². The summed E-state index contributed by atoms with van der Waals surface area (Å²) in [5.41, 5.74) is 7.45. The first-order valence-electron chi connectivity index (χ1n) is 15.9. The molecule has 246 valence electrons. The summed E-state index contributed by atoms with van der Waals surface area (Å²) < 4.78 is 0. The number of nitrogens with two attached hydrogens (primary N) is 1. The average molecular weight is 639 g/mol. The third-order valence-electron chi connectivity index (χ3n) is 8.46. The number of carbonyl (C=O) groups excluding carboxylic acids is 4. The van der Waals surface area contributed by atoms with Crippen molar-refractivity contribution in [3.05, 3.63) is 96.1 Å². The number of unbranched alkanes of at least 4 members (excludes halogenated alkanes) is 1. The predicted molar refractivity (Wildman–Crippen MR) is 181 cm³/mol. The highest BCUT2D eigenvalue weighted by molar-refractivity contribution is 5.96. The molecule has 0 aliphatic heterocycles. The lowest BCUT2D eigenvalue weighted by Crippen LogP contribution is -2.57. The van der Waals surface area contributed by atoms with Crippen LogP contribution in [0.4, 0.5) is 0 Å². The van der Waals surface area contributed by atoms with Crippen molar-refractivity contribution in [1.29, 1.82) is 0 Å². The molecule has 47 heavy (non-hydrogen) atoms. The van der Waals surface area contributed by atoms with Crippen LogP contribution < -0.4 is 16.4 Å². The number of fused-ring (bicyclic) bond motifs is 2. The topological polar surface area (TPSA) is 159 Å². The fraction of sp³-hybridized carbons (Fsp3) is 0.324. The Hall–Kier alpha value is -5.25. The number of carboxylic acid groups (broad SMARTS) is 1. The first-order chi connectivity index (χ1) is 22.6. The minimum atomic E-state index is -1.50. The van der Waals surface area contributed by atoms with E-state index in [2.05, 4.69) is 10.6 Å². The van der Waals surface area contributed by atoms with Crippen LogP contribution in [0.5, 0.6) is 0 Å². The zero-order chi connectivity index (χ0) is 33.9. The van der Waals surface area contributed by atoms with Crippen LogP contribution in [0, 0.1) is 0 Å². The average Bonchev–Trinajstić information content (AvgIpc) is 3.06. The molecule has 10 heteroatoms. The highest BCUT2D eigenvalue weighted by atomic mass is 16.4. The second kappa shape index (κ2) is 16.4. The number of aliphatic carboxylic acids is 1. The van der Waals surface area contributed by atoms with Gasteiger partial charge < -0.3 is 26.4 Å². The van der Waals surface area contributed by atoms with E-state index in [-0.39, 0.29) is 18.7 Å². The molecule has 0 saturated carbocycles. The van der Waals surface area contributed by atoms with Crippen molar-refractivity contribution < 1.29 is 29.1 Å². The van der Waals surface area contributed by atoms with Crippen LogP contribution >= 0.6 is 0 Å². The first kappa shape index (κ1) is 34.6. The van der Waals surface area contributed by atoms with E-state index < -0.39 is 48.2 Å². The first-order valence-corrected chi connectivity index (χ1v) is 15.9. The van der Waals surface area contributed by atoms with Crippen LogP contribution in [-0.4, -0.2) is 64.8 Å². The minimum Gasteiger partial charge on any atom is -0.481 e. The molecular formula is C37H42N4O6. The van der Waals surface area contributed by atoms with Gasteiger partial charge >= 0.3 is 5.97 Å². The Morgan fingerprint density at radius 2 is 1.32 bits per heavy atom. The van der Waals surface area contributed by atoms with E-state index in [9.17, 15) is 29.1 Å². The van der Waals surface area contributed by atoms with Crippen LogP contribution in [0.2, 0.25) is 0 Å². The van der Waals surface area contributed by atoms with Gasteiger partial charge in [-0.2, -0.15) is 0 Å². The Balaban J connectivity index is 1.47. The number of hydrogen-bond acceptors (Lipinski definition) is 5. The van der Waals surface area contributed by atoms with Crippen molar-refractivity contribution in [2.75, 3.05) is 7.05 Å². The third-order valence-corrected chi connectivity index (χ3v) is 8.46. The highest BCUT2D eigenvalue weighted by Crippen LogP contribution is 2.22. The molecule has 4 amide bonds. The quantitative estimate of drug-likeness (QED) is 0.145. The number of likely N-dealkylation sites (N-methyl/N-ethyl adjacent to an activating group) is 1. The Labute approximate surface area is 274 Å².